The molecular weight excluding hydrogens is 606 g/mol. The third-order valence-corrected chi connectivity index (χ3v) is 7.18. The fourth-order valence-corrected chi connectivity index (χ4v) is 5.38. The van der Waals surface area contributed by atoms with E-state index in [0.717, 1.165) is 19.1 Å². The van der Waals surface area contributed by atoms with Gasteiger partial charge in [-0.1, -0.05) is 13.3 Å². The highest BCUT2D eigenvalue weighted by atomic mass is 127. The Labute approximate surface area is 190 Å². The van der Waals surface area contributed by atoms with Crippen LogP contribution in [0.1, 0.15) is 41.4 Å². The number of carbonyl (C=O) groups is 1. The van der Waals surface area contributed by atoms with Gasteiger partial charge < -0.3 is 9.52 Å². The van der Waals surface area contributed by atoms with Gasteiger partial charge in [-0.2, -0.15) is 0 Å². The second kappa shape index (κ2) is 8.31. The number of furan rings is 1. The highest BCUT2D eigenvalue weighted by molar-refractivity contribution is 14.1. The molecule has 8 heteroatoms. The minimum atomic E-state index is -3.42. The van der Waals surface area contributed by atoms with Gasteiger partial charge in [0.1, 0.15) is 17.1 Å². The number of aryl methyl sites for hydroxylation is 1. The summed E-state index contributed by atoms with van der Waals surface area (Å²) in [6, 6.07) is 7.85. The number of halogens is 2. The predicted octanol–water partition coefficient (Wildman–Crippen LogP) is 5.32. The number of benzene rings is 2. The Morgan fingerprint density at radius 3 is 2.36 bits per heavy atom. The molecule has 28 heavy (non-hydrogen) atoms. The van der Waals surface area contributed by atoms with Gasteiger partial charge in [-0.15, -0.1) is 0 Å². The molecule has 0 radical (unpaired) electrons. The molecule has 148 valence electrons. The van der Waals surface area contributed by atoms with Crippen LogP contribution in [0.2, 0.25) is 0 Å². The first-order valence-corrected chi connectivity index (χ1v) is 12.7. The largest absolute Gasteiger partial charge is 0.506 e. The van der Waals surface area contributed by atoms with Crippen molar-refractivity contribution >= 4 is 71.8 Å². The van der Waals surface area contributed by atoms with E-state index < -0.39 is 9.84 Å². The minimum absolute atomic E-state index is 0.139. The van der Waals surface area contributed by atoms with Crippen molar-refractivity contribution < 1.29 is 22.7 Å². The van der Waals surface area contributed by atoms with Crippen LogP contribution in [-0.2, 0) is 16.3 Å². The molecule has 1 heterocycles. The summed E-state index contributed by atoms with van der Waals surface area (Å²) >= 11 is 3.96. The normalized spacial score (nSPS) is 11.9. The van der Waals surface area contributed by atoms with E-state index in [1.165, 1.54) is 12.1 Å². The molecule has 0 bridgehead atoms. The molecule has 0 amide bonds. The minimum Gasteiger partial charge on any atom is -0.506 e. The van der Waals surface area contributed by atoms with Gasteiger partial charge in [-0.05, 0) is 81.9 Å². The van der Waals surface area contributed by atoms with Crippen LogP contribution in [0, 0.1) is 7.14 Å². The van der Waals surface area contributed by atoms with Crippen molar-refractivity contribution in [2.75, 3.05) is 6.26 Å². The Kier molecular flexibility index (Phi) is 6.40. The van der Waals surface area contributed by atoms with E-state index in [4.69, 9.17) is 4.42 Å². The molecule has 0 unspecified atom stereocenters. The molecule has 0 aliphatic heterocycles. The van der Waals surface area contributed by atoms with Crippen molar-refractivity contribution in [1.82, 2.24) is 0 Å². The molecule has 0 fully saturated rings. The molecular formula is C20H18I2O5S. The van der Waals surface area contributed by atoms with Crippen molar-refractivity contribution in [3.63, 3.8) is 0 Å². The zero-order valence-corrected chi connectivity index (χ0v) is 20.4. The van der Waals surface area contributed by atoms with Crippen molar-refractivity contribution in [1.29, 1.82) is 0 Å². The monoisotopic (exact) mass is 624 g/mol. The number of hydrogen-bond donors (Lipinski definition) is 1. The number of sulfone groups is 1. The second-order valence-corrected chi connectivity index (χ2v) is 10.9. The number of phenols is 1. The molecule has 0 saturated heterocycles. The molecule has 0 spiro atoms. The highest BCUT2D eigenvalue weighted by Crippen LogP contribution is 2.33. The maximum atomic E-state index is 13.4. The lowest BCUT2D eigenvalue weighted by Crippen LogP contribution is -2.05. The SMILES string of the molecule is CCCCc1oc2ccc(S(C)(=O)=O)cc2c1C(=O)c1cc(I)c(O)c(I)c1. The second-order valence-electron chi connectivity index (χ2n) is 6.55. The zero-order valence-electron chi connectivity index (χ0n) is 15.3. The van der Waals surface area contributed by atoms with Crippen LogP contribution in [0.25, 0.3) is 11.0 Å². The van der Waals surface area contributed by atoms with Crippen molar-refractivity contribution in [2.45, 2.75) is 31.1 Å². The average Bonchev–Trinajstić information content (AvgIpc) is 3.00. The number of carbonyl (C=O) groups excluding carboxylic acids is 1. The lowest BCUT2D eigenvalue weighted by atomic mass is 9.98. The Hall–Kier alpha value is -1.14. The van der Waals surface area contributed by atoms with E-state index in [0.29, 0.717) is 41.4 Å². The number of aromatic hydroxyl groups is 1. The summed E-state index contributed by atoms with van der Waals surface area (Å²) in [5.74, 6) is 0.456. The van der Waals surface area contributed by atoms with Crippen molar-refractivity contribution in [2.24, 2.45) is 0 Å². The summed E-state index contributed by atoms with van der Waals surface area (Å²) < 4.78 is 31.1. The Bertz CT molecular complexity index is 1160. The summed E-state index contributed by atoms with van der Waals surface area (Å²) in [7, 11) is -3.42. The van der Waals surface area contributed by atoms with Crippen LogP contribution in [0.4, 0.5) is 0 Å². The molecule has 0 saturated carbocycles. The van der Waals surface area contributed by atoms with E-state index >= 15 is 0 Å². The van der Waals surface area contributed by atoms with Gasteiger partial charge in [0.15, 0.2) is 15.6 Å². The van der Waals surface area contributed by atoms with E-state index in [-0.39, 0.29) is 16.4 Å². The van der Waals surface area contributed by atoms with Gasteiger partial charge in [0.25, 0.3) is 0 Å². The maximum absolute atomic E-state index is 13.4. The van der Waals surface area contributed by atoms with Gasteiger partial charge in [0.05, 0.1) is 17.6 Å². The first-order valence-electron chi connectivity index (χ1n) is 8.61. The number of hydrogen-bond acceptors (Lipinski definition) is 5. The number of fused-ring (bicyclic) bond motifs is 1. The molecule has 0 atom stereocenters. The van der Waals surface area contributed by atoms with Gasteiger partial charge in [0, 0.05) is 23.6 Å². The topological polar surface area (TPSA) is 84.6 Å². The summed E-state index contributed by atoms with van der Waals surface area (Å²) in [6.07, 6.45) is 3.52. The van der Waals surface area contributed by atoms with Crippen LogP contribution < -0.4 is 0 Å². The van der Waals surface area contributed by atoms with Crippen LogP contribution in [-0.4, -0.2) is 25.6 Å². The molecule has 1 aromatic heterocycles. The highest BCUT2D eigenvalue weighted by Gasteiger charge is 2.24. The Balaban J connectivity index is 2.25. The van der Waals surface area contributed by atoms with Crippen LogP contribution >= 0.6 is 45.2 Å². The molecule has 0 aliphatic carbocycles. The quantitative estimate of drug-likeness (QED) is 0.297. The number of phenolic OH excluding ortho intramolecular Hbond substituents is 1. The number of rotatable bonds is 6. The lowest BCUT2D eigenvalue weighted by Gasteiger charge is -2.07. The van der Waals surface area contributed by atoms with Gasteiger partial charge >= 0.3 is 0 Å². The number of ketones is 1. The van der Waals surface area contributed by atoms with Crippen LogP contribution in [0.5, 0.6) is 5.75 Å². The average molecular weight is 624 g/mol. The van der Waals surface area contributed by atoms with Crippen molar-refractivity contribution in [3.8, 4) is 5.75 Å². The summed E-state index contributed by atoms with van der Waals surface area (Å²) in [6.45, 7) is 2.05. The first-order chi connectivity index (χ1) is 13.1. The molecule has 2 aromatic carbocycles. The first kappa shape index (κ1) is 21.6. The third-order valence-electron chi connectivity index (χ3n) is 4.42. The van der Waals surface area contributed by atoms with Crippen LogP contribution in [0.3, 0.4) is 0 Å². The molecule has 3 rings (SSSR count). The van der Waals surface area contributed by atoms with Crippen molar-refractivity contribution in [3.05, 3.63) is 54.4 Å². The fraction of sp³-hybridized carbons (Fsp3) is 0.250. The lowest BCUT2D eigenvalue weighted by molar-refractivity contribution is 0.103. The number of unbranched alkanes of at least 4 members (excludes halogenated alkanes) is 1. The van der Waals surface area contributed by atoms with E-state index in [9.17, 15) is 18.3 Å². The third kappa shape index (κ3) is 4.23. The smallest absolute Gasteiger partial charge is 0.197 e. The van der Waals surface area contributed by atoms with Gasteiger partial charge in [0.2, 0.25) is 0 Å². The van der Waals surface area contributed by atoms with E-state index in [1.54, 1.807) is 18.2 Å². The Morgan fingerprint density at radius 1 is 1.14 bits per heavy atom. The van der Waals surface area contributed by atoms with E-state index in [1.807, 2.05) is 45.2 Å². The summed E-state index contributed by atoms with van der Waals surface area (Å²) in [5.41, 5.74) is 1.31. The maximum Gasteiger partial charge on any atom is 0.197 e. The summed E-state index contributed by atoms with van der Waals surface area (Å²) in [5, 5.41) is 10.5. The fourth-order valence-electron chi connectivity index (χ4n) is 2.96. The molecule has 3 aromatic rings. The standard InChI is InChI=1S/C20H18I2O5S/c1-3-4-5-17-18(19(23)11-8-14(21)20(24)15(22)9-11)13-10-12(28(2,25)26)6-7-16(13)27-17/h6-10,24H,3-5H2,1-2H3. The molecule has 0 aliphatic rings. The Morgan fingerprint density at radius 2 is 1.79 bits per heavy atom. The zero-order chi connectivity index (χ0) is 20.6. The van der Waals surface area contributed by atoms with Gasteiger partial charge in [-0.25, -0.2) is 8.42 Å². The van der Waals surface area contributed by atoms with Gasteiger partial charge in [-0.3, -0.25) is 4.79 Å². The van der Waals surface area contributed by atoms with E-state index in [2.05, 4.69) is 6.92 Å². The van der Waals surface area contributed by atoms with Crippen LogP contribution in [0.15, 0.2) is 39.6 Å². The molecule has 1 N–H and O–H groups in total. The summed E-state index contributed by atoms with van der Waals surface area (Å²) in [4.78, 5) is 13.5. The predicted molar refractivity (Wildman–Crippen MR) is 125 cm³/mol. The molecule has 5 nitrogen and oxygen atoms in total.